The molecule has 0 fully saturated rings. The van der Waals surface area contributed by atoms with Crippen LogP contribution in [0.3, 0.4) is 0 Å². The molecule has 3 aromatic rings. The number of nitrogens with zero attached hydrogens (tertiary/aromatic N) is 1. The van der Waals surface area contributed by atoms with Crippen molar-refractivity contribution in [1.29, 1.82) is 0 Å². The fourth-order valence-electron chi connectivity index (χ4n) is 3.66. The molecule has 9 heteroatoms. The van der Waals surface area contributed by atoms with Crippen LogP contribution in [0.4, 0.5) is 5.82 Å². The SMILES string of the molecule is CCOc1ccc([C@H]2CC(=O)Nc3nc(SCc4cccc(Cl)c4)[nH]c(=O)c32)cc1OC. The number of carbonyl (C=O) groups excluding carboxylic acids is 1. The Bertz CT molecular complexity index is 1210. The number of benzene rings is 2. The first-order chi connectivity index (χ1) is 15.5. The van der Waals surface area contributed by atoms with Crippen LogP contribution < -0.4 is 20.3 Å². The van der Waals surface area contributed by atoms with Crippen molar-refractivity contribution >= 4 is 35.1 Å². The molecule has 1 aliphatic rings. The van der Waals surface area contributed by atoms with Gasteiger partial charge in [-0.25, -0.2) is 4.98 Å². The molecule has 0 unspecified atom stereocenters. The van der Waals surface area contributed by atoms with Gasteiger partial charge in [0.05, 0.1) is 19.3 Å². The van der Waals surface area contributed by atoms with Crippen molar-refractivity contribution in [3.8, 4) is 11.5 Å². The van der Waals surface area contributed by atoms with Crippen LogP contribution in [-0.2, 0) is 10.5 Å². The van der Waals surface area contributed by atoms with Crippen molar-refractivity contribution in [1.82, 2.24) is 9.97 Å². The number of nitrogens with one attached hydrogen (secondary N) is 2. The Balaban J connectivity index is 1.65. The number of fused-ring (bicyclic) bond motifs is 1. The molecule has 166 valence electrons. The molecule has 1 aromatic heterocycles. The lowest BCUT2D eigenvalue weighted by Gasteiger charge is -2.25. The maximum absolute atomic E-state index is 13.0. The summed E-state index contributed by atoms with van der Waals surface area (Å²) in [5.41, 5.74) is 1.95. The van der Waals surface area contributed by atoms with E-state index in [-0.39, 0.29) is 23.7 Å². The highest BCUT2D eigenvalue weighted by molar-refractivity contribution is 7.98. The second kappa shape index (κ2) is 9.67. The summed E-state index contributed by atoms with van der Waals surface area (Å²) in [6.07, 6.45) is 0.143. The second-order valence-electron chi connectivity index (χ2n) is 7.20. The highest BCUT2D eigenvalue weighted by Gasteiger charge is 2.31. The van der Waals surface area contributed by atoms with E-state index in [0.29, 0.717) is 39.6 Å². The molecule has 4 rings (SSSR count). The Kier molecular flexibility index (Phi) is 6.72. The molecular formula is C23H22ClN3O4S. The summed E-state index contributed by atoms with van der Waals surface area (Å²) in [5, 5.41) is 3.83. The van der Waals surface area contributed by atoms with Crippen molar-refractivity contribution in [2.45, 2.75) is 30.2 Å². The van der Waals surface area contributed by atoms with Crippen LogP contribution in [0.2, 0.25) is 5.02 Å². The maximum Gasteiger partial charge on any atom is 0.257 e. The number of hydrogen-bond acceptors (Lipinski definition) is 6. The first-order valence-electron chi connectivity index (χ1n) is 10.1. The summed E-state index contributed by atoms with van der Waals surface area (Å²) < 4.78 is 11.0. The molecule has 2 N–H and O–H groups in total. The van der Waals surface area contributed by atoms with Gasteiger partial charge in [0.25, 0.3) is 5.56 Å². The van der Waals surface area contributed by atoms with Gasteiger partial charge in [0.1, 0.15) is 5.82 Å². The van der Waals surface area contributed by atoms with Gasteiger partial charge in [-0.05, 0) is 42.3 Å². The number of ether oxygens (including phenoxy) is 2. The van der Waals surface area contributed by atoms with Crippen LogP contribution in [0.25, 0.3) is 0 Å². The summed E-state index contributed by atoms with van der Waals surface area (Å²) >= 11 is 7.41. The minimum Gasteiger partial charge on any atom is -0.493 e. The van der Waals surface area contributed by atoms with Gasteiger partial charge >= 0.3 is 0 Å². The van der Waals surface area contributed by atoms with E-state index in [0.717, 1.165) is 11.1 Å². The van der Waals surface area contributed by atoms with Gasteiger partial charge in [-0.3, -0.25) is 9.59 Å². The molecule has 32 heavy (non-hydrogen) atoms. The zero-order valence-electron chi connectivity index (χ0n) is 17.6. The molecule has 0 radical (unpaired) electrons. The van der Waals surface area contributed by atoms with Crippen molar-refractivity contribution in [2.24, 2.45) is 0 Å². The minimum atomic E-state index is -0.438. The van der Waals surface area contributed by atoms with Crippen molar-refractivity contribution in [2.75, 3.05) is 19.0 Å². The van der Waals surface area contributed by atoms with Gasteiger partial charge in [-0.15, -0.1) is 0 Å². The molecule has 7 nitrogen and oxygen atoms in total. The van der Waals surface area contributed by atoms with Crippen molar-refractivity contribution in [3.05, 3.63) is 74.5 Å². The Morgan fingerprint density at radius 3 is 2.78 bits per heavy atom. The summed E-state index contributed by atoms with van der Waals surface area (Å²) in [4.78, 5) is 32.8. The van der Waals surface area contributed by atoms with E-state index >= 15 is 0 Å². The van der Waals surface area contributed by atoms with Gasteiger partial charge in [-0.2, -0.15) is 0 Å². The maximum atomic E-state index is 13.0. The van der Waals surface area contributed by atoms with Crippen LogP contribution in [0.15, 0.2) is 52.4 Å². The number of amides is 1. The summed E-state index contributed by atoms with van der Waals surface area (Å²) in [5.74, 6) is 1.40. The fraction of sp³-hybridized carbons (Fsp3) is 0.261. The predicted molar refractivity (Wildman–Crippen MR) is 125 cm³/mol. The molecule has 1 aliphatic heterocycles. The number of carbonyl (C=O) groups is 1. The van der Waals surface area contributed by atoms with Crippen molar-refractivity contribution in [3.63, 3.8) is 0 Å². The van der Waals surface area contributed by atoms with E-state index in [1.165, 1.54) is 11.8 Å². The number of rotatable bonds is 7. The number of halogens is 1. The first kappa shape index (κ1) is 22.2. The number of aromatic nitrogens is 2. The summed E-state index contributed by atoms with van der Waals surface area (Å²) in [6, 6.07) is 12.9. The van der Waals surface area contributed by atoms with E-state index in [4.69, 9.17) is 21.1 Å². The molecular weight excluding hydrogens is 450 g/mol. The summed E-state index contributed by atoms with van der Waals surface area (Å²) in [6.45, 7) is 2.39. The average molecular weight is 472 g/mol. The fourth-order valence-corrected chi connectivity index (χ4v) is 4.67. The Hall–Kier alpha value is -2.97. The lowest BCUT2D eigenvalue weighted by atomic mass is 9.86. The van der Waals surface area contributed by atoms with Gasteiger partial charge in [0.15, 0.2) is 16.7 Å². The highest BCUT2D eigenvalue weighted by Crippen LogP contribution is 2.38. The molecule has 0 bridgehead atoms. The normalized spacial score (nSPS) is 15.1. The number of hydrogen-bond donors (Lipinski definition) is 2. The molecule has 1 amide bonds. The minimum absolute atomic E-state index is 0.143. The number of aromatic amines is 1. The highest BCUT2D eigenvalue weighted by atomic mass is 35.5. The van der Waals surface area contributed by atoms with Gasteiger partial charge in [0, 0.05) is 23.1 Å². The number of H-pyrrole nitrogens is 1. The number of anilines is 1. The topological polar surface area (TPSA) is 93.3 Å². The van der Waals surface area contributed by atoms with Gasteiger partial charge < -0.3 is 19.8 Å². The largest absolute Gasteiger partial charge is 0.493 e. The third-order valence-corrected chi connectivity index (χ3v) is 6.26. The molecule has 2 heterocycles. The Morgan fingerprint density at radius 1 is 1.19 bits per heavy atom. The van der Waals surface area contributed by atoms with E-state index in [1.54, 1.807) is 25.3 Å². The molecule has 0 spiro atoms. The quantitative estimate of drug-likeness (QED) is 0.386. The third-order valence-electron chi connectivity index (χ3n) is 5.08. The zero-order chi connectivity index (χ0) is 22.7. The van der Waals surface area contributed by atoms with E-state index in [9.17, 15) is 9.59 Å². The molecule has 0 saturated carbocycles. The average Bonchev–Trinajstić information content (AvgIpc) is 2.77. The first-order valence-corrected chi connectivity index (χ1v) is 11.5. The number of methoxy groups -OCH3 is 1. The lowest BCUT2D eigenvalue weighted by molar-refractivity contribution is -0.116. The van der Waals surface area contributed by atoms with E-state index in [1.807, 2.05) is 31.2 Å². The van der Waals surface area contributed by atoms with Crippen LogP contribution in [0.5, 0.6) is 11.5 Å². The zero-order valence-corrected chi connectivity index (χ0v) is 19.2. The van der Waals surface area contributed by atoms with Crippen LogP contribution in [0.1, 0.15) is 36.0 Å². The van der Waals surface area contributed by atoms with Crippen LogP contribution in [-0.4, -0.2) is 29.6 Å². The summed E-state index contributed by atoms with van der Waals surface area (Å²) in [7, 11) is 1.56. The molecule has 0 aliphatic carbocycles. The van der Waals surface area contributed by atoms with Crippen LogP contribution in [0, 0.1) is 0 Å². The molecule has 1 atom stereocenters. The molecule has 0 saturated heterocycles. The van der Waals surface area contributed by atoms with Gasteiger partial charge in [-0.1, -0.05) is 41.6 Å². The molecule has 2 aromatic carbocycles. The van der Waals surface area contributed by atoms with E-state index < -0.39 is 5.92 Å². The van der Waals surface area contributed by atoms with E-state index in [2.05, 4.69) is 15.3 Å². The standard InChI is InChI=1S/C23H22ClN3O4S/c1-3-31-17-8-7-14(10-18(17)30-2)16-11-19(28)25-21-20(16)22(29)27-23(26-21)32-12-13-5-4-6-15(24)9-13/h4-10,16H,3,11-12H2,1-2H3,(H2,25,26,27,28,29)/t16-/m1/s1. The smallest absolute Gasteiger partial charge is 0.257 e. The predicted octanol–water partition coefficient (Wildman–Crippen LogP) is 4.60. The number of thioether (sulfide) groups is 1. The monoisotopic (exact) mass is 471 g/mol. The Labute approximate surface area is 194 Å². The van der Waals surface area contributed by atoms with Crippen molar-refractivity contribution < 1.29 is 14.3 Å². The van der Waals surface area contributed by atoms with Gasteiger partial charge in [0.2, 0.25) is 5.91 Å². The van der Waals surface area contributed by atoms with Crippen LogP contribution >= 0.6 is 23.4 Å². The lowest BCUT2D eigenvalue weighted by Crippen LogP contribution is -2.31. The third kappa shape index (κ3) is 4.76. The Morgan fingerprint density at radius 2 is 2.03 bits per heavy atom. The second-order valence-corrected chi connectivity index (χ2v) is 8.60.